The van der Waals surface area contributed by atoms with Crippen molar-refractivity contribution >= 4 is 38.5 Å². The smallest absolute Gasteiger partial charge is 0.133 e. The van der Waals surface area contributed by atoms with Gasteiger partial charge in [0.05, 0.1) is 12.1 Å². The number of benzene rings is 2. The van der Waals surface area contributed by atoms with Crippen LogP contribution in [0.4, 0.5) is 0 Å². The van der Waals surface area contributed by atoms with Crippen LogP contribution in [-0.4, -0.2) is 11.7 Å². The second-order valence-electron chi connectivity index (χ2n) is 4.51. The summed E-state index contributed by atoms with van der Waals surface area (Å²) in [5, 5.41) is 9.83. The SMILES string of the molecule is NC1(CO)c2cc(Br)ccc2Oc2ccc(I)cc21. The second-order valence-corrected chi connectivity index (χ2v) is 6.67. The third kappa shape index (κ3) is 2.08. The summed E-state index contributed by atoms with van der Waals surface area (Å²) < 4.78 is 7.84. The molecule has 19 heavy (non-hydrogen) atoms. The van der Waals surface area contributed by atoms with Crippen LogP contribution in [0.3, 0.4) is 0 Å². The zero-order valence-corrected chi connectivity index (χ0v) is 13.6. The number of ether oxygens (including phenoxy) is 1. The van der Waals surface area contributed by atoms with Crippen molar-refractivity contribution in [3.63, 3.8) is 0 Å². The molecular weight excluding hydrogens is 421 g/mol. The van der Waals surface area contributed by atoms with Gasteiger partial charge in [0, 0.05) is 19.2 Å². The topological polar surface area (TPSA) is 55.5 Å². The summed E-state index contributed by atoms with van der Waals surface area (Å²) in [7, 11) is 0. The number of halogens is 2. The van der Waals surface area contributed by atoms with Crippen LogP contribution >= 0.6 is 38.5 Å². The monoisotopic (exact) mass is 431 g/mol. The molecule has 3 nitrogen and oxygen atoms in total. The van der Waals surface area contributed by atoms with Gasteiger partial charge in [0.25, 0.3) is 0 Å². The van der Waals surface area contributed by atoms with Crippen LogP contribution in [0, 0.1) is 3.57 Å². The minimum atomic E-state index is -0.937. The normalized spacial score (nSPS) is 20.4. The summed E-state index contributed by atoms with van der Waals surface area (Å²) in [6.45, 7) is -0.174. The minimum Gasteiger partial charge on any atom is -0.457 e. The van der Waals surface area contributed by atoms with Crippen molar-refractivity contribution < 1.29 is 9.84 Å². The van der Waals surface area contributed by atoms with Crippen molar-refractivity contribution in [3.8, 4) is 11.5 Å². The number of aliphatic hydroxyl groups excluding tert-OH is 1. The van der Waals surface area contributed by atoms with Crippen LogP contribution < -0.4 is 10.5 Å². The summed E-state index contributed by atoms with van der Waals surface area (Å²) in [4.78, 5) is 0. The van der Waals surface area contributed by atoms with Crippen LogP contribution in [0.1, 0.15) is 11.1 Å². The molecule has 1 heterocycles. The first kappa shape index (κ1) is 13.4. The minimum absolute atomic E-state index is 0.174. The Morgan fingerprint density at radius 2 is 1.79 bits per heavy atom. The molecule has 0 spiro atoms. The van der Waals surface area contributed by atoms with E-state index in [0.717, 1.165) is 19.2 Å². The Bertz CT molecular complexity index is 608. The fraction of sp³-hybridized carbons (Fsp3) is 0.143. The van der Waals surface area contributed by atoms with Crippen molar-refractivity contribution in [1.29, 1.82) is 0 Å². The van der Waals surface area contributed by atoms with Crippen molar-refractivity contribution in [1.82, 2.24) is 0 Å². The Morgan fingerprint density at radius 3 is 2.47 bits per heavy atom. The Labute approximate surface area is 133 Å². The third-order valence-corrected chi connectivity index (χ3v) is 4.48. The van der Waals surface area contributed by atoms with Gasteiger partial charge in [0.2, 0.25) is 0 Å². The van der Waals surface area contributed by atoms with Gasteiger partial charge >= 0.3 is 0 Å². The maximum absolute atomic E-state index is 9.83. The molecule has 0 radical (unpaired) electrons. The van der Waals surface area contributed by atoms with Crippen LogP contribution in [0.5, 0.6) is 11.5 Å². The molecule has 0 saturated heterocycles. The molecule has 1 aliphatic heterocycles. The first-order valence-corrected chi connectivity index (χ1v) is 7.59. The molecule has 0 saturated carbocycles. The predicted octanol–water partition coefficient (Wildman–Crippen LogP) is 3.35. The van der Waals surface area contributed by atoms with E-state index in [1.807, 2.05) is 36.4 Å². The lowest BCUT2D eigenvalue weighted by molar-refractivity contribution is 0.212. The van der Waals surface area contributed by atoms with Gasteiger partial charge in [0.1, 0.15) is 11.5 Å². The standard InChI is InChI=1S/C14H11BrINO2/c15-8-1-3-12-10(5-8)14(17,7-18)11-6-9(16)2-4-13(11)19-12/h1-6,18H,7,17H2. The lowest BCUT2D eigenvalue weighted by Gasteiger charge is -2.36. The highest BCUT2D eigenvalue weighted by atomic mass is 127. The Hall–Kier alpha value is -0.630. The number of hydrogen-bond acceptors (Lipinski definition) is 3. The predicted molar refractivity (Wildman–Crippen MR) is 85.4 cm³/mol. The van der Waals surface area contributed by atoms with Crippen LogP contribution in [0.15, 0.2) is 40.9 Å². The average Bonchev–Trinajstić information content (AvgIpc) is 2.41. The molecule has 1 unspecified atom stereocenters. The lowest BCUT2D eigenvalue weighted by Crippen LogP contribution is -2.44. The van der Waals surface area contributed by atoms with Crippen molar-refractivity contribution in [2.75, 3.05) is 6.61 Å². The number of fused-ring (bicyclic) bond motifs is 2. The summed E-state index contributed by atoms with van der Waals surface area (Å²) in [5.41, 5.74) is 7.13. The highest BCUT2D eigenvalue weighted by Crippen LogP contribution is 2.46. The molecule has 1 atom stereocenters. The fourth-order valence-electron chi connectivity index (χ4n) is 2.31. The van der Waals surface area contributed by atoms with E-state index in [1.54, 1.807) is 0 Å². The molecule has 5 heteroatoms. The molecule has 1 aliphatic rings. The third-order valence-electron chi connectivity index (χ3n) is 3.31. The van der Waals surface area contributed by atoms with E-state index in [-0.39, 0.29) is 6.61 Å². The van der Waals surface area contributed by atoms with Crippen LogP contribution in [0.25, 0.3) is 0 Å². The van der Waals surface area contributed by atoms with Gasteiger partial charge < -0.3 is 15.6 Å². The highest BCUT2D eigenvalue weighted by molar-refractivity contribution is 14.1. The molecule has 3 rings (SSSR count). The van der Waals surface area contributed by atoms with Crippen molar-refractivity contribution in [2.45, 2.75) is 5.54 Å². The molecule has 0 aliphatic carbocycles. The van der Waals surface area contributed by atoms with Gasteiger partial charge in [0.15, 0.2) is 0 Å². The molecule has 98 valence electrons. The Balaban J connectivity index is 2.29. The average molecular weight is 432 g/mol. The summed E-state index contributed by atoms with van der Waals surface area (Å²) >= 11 is 5.65. The van der Waals surface area contributed by atoms with E-state index in [4.69, 9.17) is 10.5 Å². The van der Waals surface area contributed by atoms with E-state index < -0.39 is 5.54 Å². The first-order valence-electron chi connectivity index (χ1n) is 5.72. The molecule has 2 aromatic carbocycles. The van der Waals surface area contributed by atoms with Gasteiger partial charge in [-0.25, -0.2) is 0 Å². The molecular formula is C14H11BrINO2. The largest absolute Gasteiger partial charge is 0.457 e. The van der Waals surface area contributed by atoms with E-state index in [2.05, 4.69) is 38.5 Å². The van der Waals surface area contributed by atoms with E-state index in [0.29, 0.717) is 11.5 Å². The summed E-state index contributed by atoms with van der Waals surface area (Å²) in [5.74, 6) is 1.39. The van der Waals surface area contributed by atoms with Crippen molar-refractivity contribution in [2.24, 2.45) is 5.73 Å². The number of aliphatic hydroxyl groups is 1. The van der Waals surface area contributed by atoms with Crippen molar-refractivity contribution in [3.05, 3.63) is 55.6 Å². The Kier molecular flexibility index (Phi) is 3.33. The van der Waals surface area contributed by atoms with Gasteiger partial charge in [-0.05, 0) is 59.0 Å². The molecule has 0 amide bonds. The maximum atomic E-state index is 9.83. The second kappa shape index (κ2) is 4.73. The van der Waals surface area contributed by atoms with Crippen LogP contribution in [0.2, 0.25) is 0 Å². The van der Waals surface area contributed by atoms with Gasteiger partial charge in [-0.1, -0.05) is 15.9 Å². The quantitative estimate of drug-likeness (QED) is 0.681. The zero-order chi connectivity index (χ0) is 13.6. The highest BCUT2D eigenvalue weighted by Gasteiger charge is 2.38. The Morgan fingerprint density at radius 1 is 1.16 bits per heavy atom. The molecule has 0 fully saturated rings. The zero-order valence-electron chi connectivity index (χ0n) is 9.86. The lowest BCUT2D eigenvalue weighted by atomic mass is 9.82. The maximum Gasteiger partial charge on any atom is 0.133 e. The van der Waals surface area contributed by atoms with Gasteiger partial charge in [-0.3, -0.25) is 0 Å². The van der Waals surface area contributed by atoms with E-state index in [1.165, 1.54) is 0 Å². The van der Waals surface area contributed by atoms with E-state index >= 15 is 0 Å². The summed E-state index contributed by atoms with van der Waals surface area (Å²) in [6, 6.07) is 11.5. The molecule has 0 aromatic heterocycles. The number of rotatable bonds is 1. The van der Waals surface area contributed by atoms with E-state index in [9.17, 15) is 5.11 Å². The fourth-order valence-corrected chi connectivity index (χ4v) is 3.17. The molecule has 2 aromatic rings. The molecule has 0 bridgehead atoms. The number of nitrogens with two attached hydrogens (primary N) is 1. The summed E-state index contributed by atoms with van der Waals surface area (Å²) in [6.07, 6.45) is 0. The molecule has 3 N–H and O–H groups in total. The van der Waals surface area contributed by atoms with Gasteiger partial charge in [-0.2, -0.15) is 0 Å². The number of hydrogen-bond donors (Lipinski definition) is 2. The van der Waals surface area contributed by atoms with Gasteiger partial charge in [-0.15, -0.1) is 0 Å². The van der Waals surface area contributed by atoms with Crippen LogP contribution in [-0.2, 0) is 5.54 Å². The first-order chi connectivity index (χ1) is 9.04.